The van der Waals surface area contributed by atoms with E-state index in [9.17, 15) is 9.59 Å². The van der Waals surface area contributed by atoms with Gasteiger partial charge in [-0.05, 0) is 24.3 Å². The van der Waals surface area contributed by atoms with Crippen LogP contribution in [0.2, 0.25) is 5.02 Å². The number of amides is 2. The molecule has 0 aliphatic carbocycles. The summed E-state index contributed by atoms with van der Waals surface area (Å²) in [6.07, 6.45) is 1.55. The summed E-state index contributed by atoms with van der Waals surface area (Å²) in [5, 5.41) is 5.76. The van der Waals surface area contributed by atoms with Crippen LogP contribution in [0.1, 0.15) is 20.8 Å². The fourth-order valence-electron chi connectivity index (χ4n) is 1.68. The molecule has 108 valence electrons. The van der Waals surface area contributed by atoms with Gasteiger partial charge in [0.25, 0.3) is 11.8 Å². The van der Waals surface area contributed by atoms with Gasteiger partial charge in [0.2, 0.25) is 0 Å². The summed E-state index contributed by atoms with van der Waals surface area (Å²) in [6.45, 7) is 0.619. The van der Waals surface area contributed by atoms with Crippen LogP contribution in [0.4, 0.5) is 0 Å². The lowest BCUT2D eigenvalue weighted by atomic mass is 10.2. The Hall–Kier alpha value is -2.40. The Morgan fingerprint density at radius 3 is 2.29 bits per heavy atom. The fourth-order valence-corrected chi connectivity index (χ4v) is 1.90. The van der Waals surface area contributed by atoms with E-state index in [0.29, 0.717) is 29.4 Å². The Kier molecular flexibility index (Phi) is 5.29. The number of pyridine rings is 1. The van der Waals surface area contributed by atoms with E-state index in [1.54, 1.807) is 48.7 Å². The van der Waals surface area contributed by atoms with Crippen molar-refractivity contribution >= 4 is 23.4 Å². The molecule has 2 amide bonds. The smallest absolute Gasteiger partial charge is 0.269 e. The standard InChI is InChI=1S/C15H14ClN3O2/c16-12-6-2-1-5-11(12)14(20)18-9-10-19-15(21)13-7-3-4-8-17-13/h1-8H,9-10H2,(H,18,20)(H,19,21). The Morgan fingerprint density at radius 1 is 0.952 bits per heavy atom. The van der Waals surface area contributed by atoms with Gasteiger partial charge < -0.3 is 10.6 Å². The van der Waals surface area contributed by atoms with Crippen molar-refractivity contribution in [2.45, 2.75) is 0 Å². The maximum atomic E-state index is 11.9. The van der Waals surface area contributed by atoms with Gasteiger partial charge in [0.15, 0.2) is 0 Å². The van der Waals surface area contributed by atoms with Crippen molar-refractivity contribution in [1.29, 1.82) is 0 Å². The van der Waals surface area contributed by atoms with Gasteiger partial charge in [-0.15, -0.1) is 0 Å². The molecule has 2 aromatic rings. The number of carbonyl (C=O) groups is 2. The lowest BCUT2D eigenvalue weighted by Gasteiger charge is -2.07. The van der Waals surface area contributed by atoms with E-state index in [0.717, 1.165) is 0 Å². The molecule has 1 aromatic heterocycles. The average molecular weight is 304 g/mol. The molecule has 0 aliphatic heterocycles. The van der Waals surface area contributed by atoms with Gasteiger partial charge in [-0.1, -0.05) is 29.8 Å². The summed E-state index contributed by atoms with van der Waals surface area (Å²) in [5.74, 6) is -0.546. The lowest BCUT2D eigenvalue weighted by Crippen LogP contribution is -2.35. The molecular formula is C15H14ClN3O2. The van der Waals surface area contributed by atoms with E-state index in [1.807, 2.05) is 0 Å². The van der Waals surface area contributed by atoms with Crippen molar-refractivity contribution in [2.75, 3.05) is 13.1 Å². The molecule has 21 heavy (non-hydrogen) atoms. The number of hydrogen-bond acceptors (Lipinski definition) is 3. The van der Waals surface area contributed by atoms with Crippen molar-refractivity contribution < 1.29 is 9.59 Å². The fraction of sp³-hybridized carbons (Fsp3) is 0.133. The monoisotopic (exact) mass is 303 g/mol. The van der Waals surface area contributed by atoms with Gasteiger partial charge in [0, 0.05) is 19.3 Å². The molecule has 1 heterocycles. The number of benzene rings is 1. The maximum absolute atomic E-state index is 11.9. The molecule has 0 saturated carbocycles. The summed E-state index contributed by atoms with van der Waals surface area (Å²) in [4.78, 5) is 27.5. The Labute approximate surface area is 127 Å². The van der Waals surface area contributed by atoms with Crippen molar-refractivity contribution in [1.82, 2.24) is 15.6 Å². The van der Waals surface area contributed by atoms with E-state index < -0.39 is 0 Å². The zero-order valence-electron chi connectivity index (χ0n) is 11.2. The highest BCUT2D eigenvalue weighted by atomic mass is 35.5. The number of nitrogens with one attached hydrogen (secondary N) is 2. The predicted octanol–water partition coefficient (Wildman–Crippen LogP) is 1.89. The maximum Gasteiger partial charge on any atom is 0.269 e. The first-order chi connectivity index (χ1) is 10.2. The number of halogens is 1. The highest BCUT2D eigenvalue weighted by Gasteiger charge is 2.09. The summed E-state index contributed by atoms with van der Waals surface area (Å²) in [7, 11) is 0. The molecule has 2 N–H and O–H groups in total. The van der Waals surface area contributed by atoms with E-state index in [2.05, 4.69) is 15.6 Å². The summed E-state index contributed by atoms with van der Waals surface area (Å²) < 4.78 is 0. The number of hydrogen-bond donors (Lipinski definition) is 2. The molecule has 0 spiro atoms. The highest BCUT2D eigenvalue weighted by molar-refractivity contribution is 6.33. The largest absolute Gasteiger partial charge is 0.350 e. The molecule has 0 saturated heterocycles. The molecule has 2 rings (SSSR count). The van der Waals surface area contributed by atoms with E-state index in [-0.39, 0.29) is 11.8 Å². The Bertz CT molecular complexity index is 632. The molecule has 0 unspecified atom stereocenters. The SMILES string of the molecule is O=C(NCCNC(=O)c1ccccc1Cl)c1ccccn1. The molecule has 0 radical (unpaired) electrons. The van der Waals surface area contributed by atoms with E-state index >= 15 is 0 Å². The van der Waals surface area contributed by atoms with Crippen LogP contribution in [-0.4, -0.2) is 29.9 Å². The molecule has 0 bridgehead atoms. The van der Waals surface area contributed by atoms with Gasteiger partial charge >= 0.3 is 0 Å². The van der Waals surface area contributed by atoms with E-state index in [4.69, 9.17) is 11.6 Å². The van der Waals surface area contributed by atoms with Gasteiger partial charge in [-0.3, -0.25) is 14.6 Å². The van der Waals surface area contributed by atoms with Crippen LogP contribution < -0.4 is 10.6 Å². The zero-order valence-corrected chi connectivity index (χ0v) is 11.9. The first kappa shape index (κ1) is 15.0. The number of aromatic nitrogens is 1. The zero-order chi connectivity index (χ0) is 15.1. The molecule has 1 aromatic carbocycles. The molecule has 0 aliphatic rings. The van der Waals surface area contributed by atoms with Crippen LogP contribution >= 0.6 is 11.6 Å². The first-order valence-electron chi connectivity index (χ1n) is 6.40. The van der Waals surface area contributed by atoms with Crippen LogP contribution in [0, 0.1) is 0 Å². The van der Waals surface area contributed by atoms with Crippen LogP contribution in [0.3, 0.4) is 0 Å². The third-order valence-electron chi connectivity index (χ3n) is 2.71. The Balaban J connectivity index is 1.76. The van der Waals surface area contributed by atoms with Gasteiger partial charge in [0.05, 0.1) is 10.6 Å². The molecular weight excluding hydrogens is 290 g/mol. The topological polar surface area (TPSA) is 71.1 Å². The second-order valence-corrected chi connectivity index (χ2v) is 4.61. The lowest BCUT2D eigenvalue weighted by molar-refractivity contribution is 0.0925. The van der Waals surface area contributed by atoms with Crippen molar-refractivity contribution in [2.24, 2.45) is 0 Å². The number of rotatable bonds is 5. The van der Waals surface area contributed by atoms with Gasteiger partial charge in [-0.25, -0.2) is 0 Å². The molecule has 0 atom stereocenters. The molecule has 5 nitrogen and oxygen atoms in total. The van der Waals surface area contributed by atoms with Gasteiger partial charge in [0.1, 0.15) is 5.69 Å². The molecule has 0 fully saturated rings. The number of carbonyl (C=O) groups excluding carboxylic acids is 2. The second-order valence-electron chi connectivity index (χ2n) is 4.21. The Morgan fingerprint density at radius 2 is 1.62 bits per heavy atom. The van der Waals surface area contributed by atoms with E-state index in [1.165, 1.54) is 0 Å². The number of nitrogens with zero attached hydrogens (tertiary/aromatic N) is 1. The third kappa shape index (κ3) is 4.29. The highest BCUT2D eigenvalue weighted by Crippen LogP contribution is 2.14. The van der Waals surface area contributed by atoms with Crippen molar-refractivity contribution in [3.8, 4) is 0 Å². The molecule has 6 heteroatoms. The second kappa shape index (κ2) is 7.40. The quantitative estimate of drug-likeness (QED) is 0.829. The van der Waals surface area contributed by atoms with Crippen LogP contribution in [0.5, 0.6) is 0 Å². The van der Waals surface area contributed by atoms with Crippen LogP contribution in [0.25, 0.3) is 0 Å². The predicted molar refractivity (Wildman–Crippen MR) is 80.4 cm³/mol. The minimum Gasteiger partial charge on any atom is -0.350 e. The summed E-state index contributed by atoms with van der Waals surface area (Å²) in [6, 6.07) is 11.9. The normalized spacial score (nSPS) is 9.95. The van der Waals surface area contributed by atoms with Crippen molar-refractivity contribution in [3.63, 3.8) is 0 Å². The van der Waals surface area contributed by atoms with Crippen molar-refractivity contribution in [3.05, 3.63) is 64.9 Å². The van der Waals surface area contributed by atoms with Crippen LogP contribution in [0.15, 0.2) is 48.7 Å². The minimum atomic E-state index is -0.275. The summed E-state index contributed by atoms with van der Waals surface area (Å²) in [5.41, 5.74) is 0.755. The first-order valence-corrected chi connectivity index (χ1v) is 6.78. The van der Waals surface area contributed by atoms with Crippen LogP contribution in [-0.2, 0) is 0 Å². The van der Waals surface area contributed by atoms with Gasteiger partial charge in [-0.2, -0.15) is 0 Å². The average Bonchev–Trinajstić information content (AvgIpc) is 2.52. The minimum absolute atomic E-state index is 0.271. The summed E-state index contributed by atoms with van der Waals surface area (Å²) >= 11 is 5.92. The third-order valence-corrected chi connectivity index (χ3v) is 3.04.